The van der Waals surface area contributed by atoms with E-state index in [1.54, 1.807) is 0 Å². The highest BCUT2D eigenvalue weighted by Gasteiger charge is 2.12. The van der Waals surface area contributed by atoms with Crippen LogP contribution < -0.4 is 0 Å². The van der Waals surface area contributed by atoms with Crippen LogP contribution in [0.25, 0.3) is 0 Å². The fourth-order valence-electron chi connectivity index (χ4n) is 1.12. The summed E-state index contributed by atoms with van der Waals surface area (Å²) in [6.07, 6.45) is 0.230. The average molecular weight is 277 g/mol. The first-order chi connectivity index (χ1) is 8.00. The molecule has 0 fully saturated rings. The van der Waals surface area contributed by atoms with Crippen LogP contribution in [0.5, 0.6) is 0 Å². The maximum Gasteiger partial charge on any atom is 0.339 e. The maximum absolute atomic E-state index is 11.5. The summed E-state index contributed by atoms with van der Waals surface area (Å²) in [6, 6.07) is 4.43. The number of carbonyl (C=O) groups is 2. The van der Waals surface area contributed by atoms with Gasteiger partial charge < -0.3 is 9.84 Å². The standard InChI is InChI=1S/C11H10Cl2O4/c12-7-3-4-8(9(13)6-7)11(16)17-5-1-2-10(14)15/h3-4,6H,1-2,5H2,(H,14,15). The van der Waals surface area contributed by atoms with Crippen LogP contribution in [-0.2, 0) is 9.53 Å². The zero-order valence-electron chi connectivity index (χ0n) is 8.78. The van der Waals surface area contributed by atoms with Crippen molar-refractivity contribution in [1.29, 1.82) is 0 Å². The highest BCUT2D eigenvalue weighted by molar-refractivity contribution is 6.36. The molecule has 0 spiro atoms. The predicted molar refractivity (Wildman–Crippen MR) is 63.6 cm³/mol. The number of hydrogen-bond acceptors (Lipinski definition) is 3. The summed E-state index contributed by atoms with van der Waals surface area (Å²) in [4.78, 5) is 21.8. The lowest BCUT2D eigenvalue weighted by Gasteiger charge is -2.05. The smallest absolute Gasteiger partial charge is 0.339 e. The van der Waals surface area contributed by atoms with E-state index in [1.807, 2.05) is 0 Å². The van der Waals surface area contributed by atoms with Crippen molar-refractivity contribution in [3.05, 3.63) is 33.8 Å². The first-order valence-electron chi connectivity index (χ1n) is 4.84. The van der Waals surface area contributed by atoms with Crippen LogP contribution in [0.2, 0.25) is 10.0 Å². The molecule has 0 aliphatic rings. The van der Waals surface area contributed by atoms with Gasteiger partial charge in [-0.3, -0.25) is 4.79 Å². The van der Waals surface area contributed by atoms with E-state index in [2.05, 4.69) is 0 Å². The molecule has 0 amide bonds. The molecule has 0 saturated carbocycles. The Bertz CT molecular complexity index is 431. The van der Waals surface area contributed by atoms with Gasteiger partial charge in [0.15, 0.2) is 0 Å². The zero-order chi connectivity index (χ0) is 12.8. The molecule has 0 heterocycles. The summed E-state index contributed by atoms with van der Waals surface area (Å²) in [5.74, 6) is -1.51. The number of benzene rings is 1. The van der Waals surface area contributed by atoms with Gasteiger partial charge in [-0.15, -0.1) is 0 Å². The molecule has 0 bridgehead atoms. The van der Waals surface area contributed by atoms with E-state index in [0.717, 1.165) is 0 Å². The molecule has 0 unspecified atom stereocenters. The fraction of sp³-hybridized carbons (Fsp3) is 0.273. The number of carbonyl (C=O) groups excluding carboxylic acids is 1. The van der Waals surface area contributed by atoms with Crippen molar-refractivity contribution in [3.8, 4) is 0 Å². The summed E-state index contributed by atoms with van der Waals surface area (Å²) >= 11 is 11.5. The summed E-state index contributed by atoms with van der Waals surface area (Å²) in [5.41, 5.74) is 0.214. The highest BCUT2D eigenvalue weighted by atomic mass is 35.5. The number of aliphatic carboxylic acids is 1. The quantitative estimate of drug-likeness (QED) is 0.663. The first-order valence-corrected chi connectivity index (χ1v) is 5.60. The molecular formula is C11H10Cl2O4. The fourth-order valence-corrected chi connectivity index (χ4v) is 1.61. The molecule has 0 aliphatic heterocycles. The number of halogens is 2. The van der Waals surface area contributed by atoms with Crippen LogP contribution in [0.15, 0.2) is 18.2 Å². The summed E-state index contributed by atoms with van der Waals surface area (Å²) < 4.78 is 4.87. The Hall–Kier alpha value is -1.26. The minimum absolute atomic E-state index is 0.0400. The largest absolute Gasteiger partial charge is 0.481 e. The van der Waals surface area contributed by atoms with E-state index in [4.69, 9.17) is 33.0 Å². The van der Waals surface area contributed by atoms with Crippen molar-refractivity contribution in [2.45, 2.75) is 12.8 Å². The third kappa shape index (κ3) is 4.63. The van der Waals surface area contributed by atoms with Crippen molar-refractivity contribution < 1.29 is 19.4 Å². The van der Waals surface area contributed by atoms with Crippen molar-refractivity contribution in [2.24, 2.45) is 0 Å². The van der Waals surface area contributed by atoms with Crippen LogP contribution in [-0.4, -0.2) is 23.7 Å². The van der Waals surface area contributed by atoms with Crippen molar-refractivity contribution in [2.75, 3.05) is 6.61 Å². The van der Waals surface area contributed by atoms with Crippen LogP contribution >= 0.6 is 23.2 Å². The lowest BCUT2D eigenvalue weighted by Crippen LogP contribution is -2.08. The molecule has 0 saturated heterocycles. The normalized spacial score (nSPS) is 10.0. The third-order valence-corrected chi connectivity index (χ3v) is 2.47. The number of carboxylic acid groups (broad SMARTS) is 1. The molecule has 0 radical (unpaired) electrons. The van der Waals surface area contributed by atoms with Crippen LogP contribution in [0.3, 0.4) is 0 Å². The van der Waals surface area contributed by atoms with Gasteiger partial charge in [-0.05, 0) is 24.6 Å². The van der Waals surface area contributed by atoms with Gasteiger partial charge in [-0.1, -0.05) is 23.2 Å². The van der Waals surface area contributed by atoms with E-state index < -0.39 is 11.9 Å². The van der Waals surface area contributed by atoms with Gasteiger partial charge in [0.05, 0.1) is 17.2 Å². The SMILES string of the molecule is O=C(O)CCCOC(=O)c1ccc(Cl)cc1Cl. The zero-order valence-corrected chi connectivity index (χ0v) is 10.3. The van der Waals surface area contributed by atoms with E-state index in [-0.39, 0.29) is 30.0 Å². The van der Waals surface area contributed by atoms with Gasteiger partial charge in [-0.2, -0.15) is 0 Å². The number of esters is 1. The molecule has 6 heteroatoms. The van der Waals surface area contributed by atoms with Crippen LogP contribution in [0.1, 0.15) is 23.2 Å². The minimum Gasteiger partial charge on any atom is -0.481 e. The molecular weight excluding hydrogens is 267 g/mol. The lowest BCUT2D eigenvalue weighted by atomic mass is 10.2. The topological polar surface area (TPSA) is 63.6 Å². The molecule has 1 aromatic carbocycles. The second kappa shape index (κ2) is 6.47. The molecule has 0 aromatic heterocycles. The number of carboxylic acids is 1. The summed E-state index contributed by atoms with van der Waals surface area (Å²) in [5, 5.41) is 9.03. The molecule has 17 heavy (non-hydrogen) atoms. The lowest BCUT2D eigenvalue weighted by molar-refractivity contribution is -0.137. The van der Waals surface area contributed by atoms with Crippen molar-refractivity contribution >= 4 is 35.1 Å². The van der Waals surface area contributed by atoms with Crippen LogP contribution in [0, 0.1) is 0 Å². The monoisotopic (exact) mass is 276 g/mol. The Balaban J connectivity index is 2.50. The summed E-state index contributed by atoms with van der Waals surface area (Å²) in [6.45, 7) is 0.0457. The van der Waals surface area contributed by atoms with Crippen molar-refractivity contribution in [1.82, 2.24) is 0 Å². The van der Waals surface area contributed by atoms with E-state index in [1.165, 1.54) is 18.2 Å². The average Bonchev–Trinajstić information content (AvgIpc) is 2.23. The van der Waals surface area contributed by atoms with E-state index >= 15 is 0 Å². The second-order valence-corrected chi connectivity index (χ2v) is 4.10. The molecule has 92 valence electrons. The molecule has 1 aromatic rings. The Kier molecular flexibility index (Phi) is 5.25. The molecule has 4 nitrogen and oxygen atoms in total. The summed E-state index contributed by atoms with van der Waals surface area (Å²) in [7, 11) is 0. The second-order valence-electron chi connectivity index (χ2n) is 3.26. The third-order valence-electron chi connectivity index (χ3n) is 1.92. The Morgan fingerprint density at radius 2 is 2.00 bits per heavy atom. The molecule has 0 aliphatic carbocycles. The van der Waals surface area contributed by atoms with Gasteiger partial charge in [0.2, 0.25) is 0 Å². The minimum atomic E-state index is -0.925. The molecule has 0 atom stereocenters. The van der Waals surface area contributed by atoms with Gasteiger partial charge in [0, 0.05) is 11.4 Å². The van der Waals surface area contributed by atoms with E-state index in [0.29, 0.717) is 5.02 Å². The van der Waals surface area contributed by atoms with Crippen LogP contribution in [0.4, 0.5) is 0 Å². The van der Waals surface area contributed by atoms with Gasteiger partial charge in [-0.25, -0.2) is 4.79 Å². The van der Waals surface area contributed by atoms with Gasteiger partial charge in [0.1, 0.15) is 0 Å². The predicted octanol–water partition coefficient (Wildman–Crippen LogP) is 3.02. The van der Waals surface area contributed by atoms with Gasteiger partial charge >= 0.3 is 11.9 Å². The molecule has 1 N–H and O–H groups in total. The Labute approximate surface area is 108 Å². The number of ether oxygens (including phenoxy) is 1. The number of hydrogen-bond donors (Lipinski definition) is 1. The Morgan fingerprint density at radius 3 is 2.59 bits per heavy atom. The number of rotatable bonds is 5. The Morgan fingerprint density at radius 1 is 1.29 bits per heavy atom. The first kappa shape index (κ1) is 13.8. The molecule has 1 rings (SSSR count). The highest BCUT2D eigenvalue weighted by Crippen LogP contribution is 2.21. The maximum atomic E-state index is 11.5. The van der Waals surface area contributed by atoms with E-state index in [9.17, 15) is 9.59 Å². The van der Waals surface area contributed by atoms with Crippen molar-refractivity contribution in [3.63, 3.8) is 0 Å². The van der Waals surface area contributed by atoms with Gasteiger partial charge in [0.25, 0.3) is 0 Å².